The predicted molar refractivity (Wildman–Crippen MR) is 128 cm³/mol. The number of hydrogen-bond acceptors (Lipinski definition) is 6. The summed E-state index contributed by atoms with van der Waals surface area (Å²) in [5.74, 6) is -0.977. The van der Waals surface area contributed by atoms with E-state index in [-0.39, 0.29) is 11.5 Å². The summed E-state index contributed by atoms with van der Waals surface area (Å²) in [5, 5.41) is 5.21. The first-order chi connectivity index (χ1) is 16.9. The van der Waals surface area contributed by atoms with Crippen LogP contribution in [0.2, 0.25) is 0 Å². The number of amides is 4. The Morgan fingerprint density at radius 3 is 2.57 bits per heavy atom. The van der Waals surface area contributed by atoms with Crippen molar-refractivity contribution in [3.05, 3.63) is 83.2 Å². The zero-order valence-corrected chi connectivity index (χ0v) is 19.2. The fourth-order valence-corrected chi connectivity index (χ4v) is 3.70. The maximum absolute atomic E-state index is 12.8. The number of urea groups is 1. The number of esters is 1. The number of nitrogens with zero attached hydrogens (tertiary/aromatic N) is 1. The van der Waals surface area contributed by atoms with Gasteiger partial charge in [0.25, 0.3) is 5.91 Å². The second kappa shape index (κ2) is 10.1. The van der Waals surface area contributed by atoms with Crippen LogP contribution in [0.5, 0.6) is 0 Å². The first-order valence-corrected chi connectivity index (χ1v) is 10.9. The highest BCUT2D eigenvalue weighted by atomic mass is 16.5. The van der Waals surface area contributed by atoms with Crippen molar-refractivity contribution in [1.29, 1.82) is 0 Å². The van der Waals surface area contributed by atoms with Crippen molar-refractivity contribution in [2.24, 2.45) is 0 Å². The fourth-order valence-electron chi connectivity index (χ4n) is 3.70. The quantitative estimate of drug-likeness (QED) is 0.306. The number of carbonyl (C=O) groups excluding carboxylic acids is 4. The molecule has 1 saturated heterocycles. The lowest BCUT2D eigenvalue weighted by Crippen LogP contribution is -2.38. The number of imide groups is 1. The molecule has 0 saturated carbocycles. The van der Waals surface area contributed by atoms with Gasteiger partial charge in [-0.1, -0.05) is 43.3 Å². The van der Waals surface area contributed by atoms with Crippen LogP contribution in [0.4, 0.5) is 10.5 Å². The van der Waals surface area contributed by atoms with Crippen LogP contribution in [0.25, 0.3) is 17.4 Å². The molecule has 1 aliphatic heterocycles. The second-order valence-electron chi connectivity index (χ2n) is 7.68. The van der Waals surface area contributed by atoms with E-state index in [1.807, 2.05) is 19.1 Å². The van der Waals surface area contributed by atoms with Crippen molar-refractivity contribution in [2.45, 2.75) is 13.3 Å². The van der Waals surface area contributed by atoms with Crippen molar-refractivity contribution >= 4 is 35.6 Å². The number of rotatable bonds is 7. The number of carbonyl (C=O) groups is 4. The highest BCUT2D eigenvalue weighted by molar-refractivity contribution is 6.15. The number of ether oxygens (including phenoxy) is 1. The van der Waals surface area contributed by atoms with Crippen LogP contribution in [0.15, 0.2) is 70.8 Å². The number of furan rings is 1. The molecule has 178 valence electrons. The van der Waals surface area contributed by atoms with E-state index in [1.54, 1.807) is 48.5 Å². The normalized spacial score (nSPS) is 14.2. The van der Waals surface area contributed by atoms with E-state index in [1.165, 1.54) is 13.2 Å². The first-order valence-electron chi connectivity index (χ1n) is 10.9. The summed E-state index contributed by atoms with van der Waals surface area (Å²) in [5.41, 5.74) is 2.41. The average molecular weight is 473 g/mol. The van der Waals surface area contributed by atoms with E-state index in [0.717, 1.165) is 16.9 Å². The van der Waals surface area contributed by atoms with Crippen molar-refractivity contribution in [3.63, 3.8) is 0 Å². The largest absolute Gasteiger partial charge is 0.465 e. The molecule has 0 unspecified atom stereocenters. The van der Waals surface area contributed by atoms with Gasteiger partial charge in [0, 0.05) is 17.3 Å². The fraction of sp³-hybridized carbons (Fsp3) is 0.154. The van der Waals surface area contributed by atoms with Crippen LogP contribution < -0.4 is 10.6 Å². The predicted octanol–water partition coefficient (Wildman–Crippen LogP) is 3.83. The summed E-state index contributed by atoms with van der Waals surface area (Å²) in [6.07, 6.45) is 2.09. The summed E-state index contributed by atoms with van der Waals surface area (Å²) >= 11 is 0. The lowest BCUT2D eigenvalue weighted by atomic mass is 10.1. The van der Waals surface area contributed by atoms with Gasteiger partial charge in [0.15, 0.2) is 0 Å². The number of benzene rings is 2. The Balaban J connectivity index is 1.49. The van der Waals surface area contributed by atoms with E-state index in [2.05, 4.69) is 10.6 Å². The molecular weight excluding hydrogens is 450 g/mol. The van der Waals surface area contributed by atoms with E-state index in [4.69, 9.17) is 9.15 Å². The topological polar surface area (TPSA) is 118 Å². The van der Waals surface area contributed by atoms with Gasteiger partial charge in [0.1, 0.15) is 23.8 Å². The molecule has 0 spiro atoms. The summed E-state index contributed by atoms with van der Waals surface area (Å²) < 4.78 is 10.6. The Hall–Kier alpha value is -4.66. The molecule has 9 nitrogen and oxygen atoms in total. The Kier molecular flexibility index (Phi) is 6.77. The van der Waals surface area contributed by atoms with Gasteiger partial charge in [-0.15, -0.1) is 0 Å². The number of anilines is 1. The number of aryl methyl sites for hydroxylation is 1. The van der Waals surface area contributed by atoms with E-state index in [0.29, 0.717) is 22.6 Å². The molecule has 2 N–H and O–H groups in total. The molecule has 1 fully saturated rings. The summed E-state index contributed by atoms with van der Waals surface area (Å²) in [6, 6.07) is 16.7. The van der Waals surface area contributed by atoms with Gasteiger partial charge in [-0.25, -0.2) is 14.5 Å². The molecule has 1 aromatic heterocycles. The van der Waals surface area contributed by atoms with Gasteiger partial charge in [0.05, 0.1) is 12.7 Å². The average Bonchev–Trinajstić information content (AvgIpc) is 3.44. The van der Waals surface area contributed by atoms with Crippen LogP contribution >= 0.6 is 0 Å². The number of nitrogens with one attached hydrogen (secondary N) is 2. The van der Waals surface area contributed by atoms with E-state index in [9.17, 15) is 19.2 Å². The van der Waals surface area contributed by atoms with Crippen molar-refractivity contribution in [3.8, 4) is 11.3 Å². The summed E-state index contributed by atoms with van der Waals surface area (Å²) in [6.45, 7) is 1.53. The molecule has 0 atom stereocenters. The molecular formula is C26H23N3O6. The molecule has 35 heavy (non-hydrogen) atoms. The molecule has 4 amide bonds. The van der Waals surface area contributed by atoms with Gasteiger partial charge in [-0.2, -0.15) is 0 Å². The highest BCUT2D eigenvalue weighted by Gasteiger charge is 2.35. The van der Waals surface area contributed by atoms with Crippen molar-refractivity contribution in [1.82, 2.24) is 10.2 Å². The molecule has 0 aliphatic carbocycles. The Morgan fingerprint density at radius 1 is 1.06 bits per heavy atom. The van der Waals surface area contributed by atoms with Crippen molar-refractivity contribution < 1.29 is 28.3 Å². The van der Waals surface area contributed by atoms with Gasteiger partial charge < -0.3 is 19.8 Å². The molecule has 9 heteroatoms. The van der Waals surface area contributed by atoms with E-state index >= 15 is 0 Å². The van der Waals surface area contributed by atoms with E-state index < -0.39 is 30.4 Å². The SMILES string of the molecule is CCc1ccccc1NC(=O)CN1C(=O)N/C(=C/c2ccc(-c3ccccc3C(=O)OC)o2)C1=O. The molecule has 4 rings (SSSR count). The number of hydrogen-bond donors (Lipinski definition) is 2. The third-order valence-corrected chi connectivity index (χ3v) is 5.45. The van der Waals surface area contributed by atoms with Crippen LogP contribution in [-0.2, 0) is 20.7 Å². The lowest BCUT2D eigenvalue weighted by Gasteiger charge is -2.13. The van der Waals surface area contributed by atoms with Crippen LogP contribution in [0.3, 0.4) is 0 Å². The minimum absolute atomic E-state index is 0.0288. The minimum Gasteiger partial charge on any atom is -0.465 e. The molecule has 0 radical (unpaired) electrons. The van der Waals surface area contributed by atoms with Gasteiger partial charge in [0.2, 0.25) is 5.91 Å². The van der Waals surface area contributed by atoms with Gasteiger partial charge in [-0.3, -0.25) is 9.59 Å². The van der Waals surface area contributed by atoms with Crippen LogP contribution in [0.1, 0.15) is 28.6 Å². The molecule has 2 heterocycles. The van der Waals surface area contributed by atoms with Crippen LogP contribution in [0, 0.1) is 0 Å². The Bertz CT molecular complexity index is 1340. The van der Waals surface area contributed by atoms with Gasteiger partial charge >= 0.3 is 12.0 Å². The standard InChI is InChI=1S/C26H23N3O6/c1-3-16-8-4-7-11-20(16)27-23(30)15-29-24(31)21(28-26(29)33)14-17-12-13-22(35-17)18-9-5-6-10-19(18)25(32)34-2/h4-14H,3,15H2,1-2H3,(H,27,30)(H,28,33)/b21-14+. The number of para-hydroxylation sites is 1. The third-order valence-electron chi connectivity index (χ3n) is 5.45. The first kappa shape index (κ1) is 23.5. The smallest absolute Gasteiger partial charge is 0.338 e. The molecule has 2 aromatic carbocycles. The zero-order valence-electron chi connectivity index (χ0n) is 19.2. The Labute approximate surface area is 201 Å². The summed E-state index contributed by atoms with van der Waals surface area (Å²) in [4.78, 5) is 50.5. The van der Waals surface area contributed by atoms with Crippen LogP contribution in [-0.4, -0.2) is 42.4 Å². The monoisotopic (exact) mass is 473 g/mol. The molecule has 0 bridgehead atoms. The number of methoxy groups -OCH3 is 1. The maximum atomic E-state index is 12.8. The Morgan fingerprint density at radius 2 is 1.80 bits per heavy atom. The maximum Gasteiger partial charge on any atom is 0.338 e. The lowest BCUT2D eigenvalue weighted by molar-refractivity contribution is -0.127. The second-order valence-corrected chi connectivity index (χ2v) is 7.68. The highest BCUT2D eigenvalue weighted by Crippen LogP contribution is 2.27. The van der Waals surface area contributed by atoms with Crippen molar-refractivity contribution in [2.75, 3.05) is 19.0 Å². The minimum atomic E-state index is -0.706. The summed E-state index contributed by atoms with van der Waals surface area (Å²) in [7, 11) is 1.29. The third kappa shape index (κ3) is 4.98. The van der Waals surface area contributed by atoms with Gasteiger partial charge in [-0.05, 0) is 36.2 Å². The molecule has 3 aromatic rings. The molecule has 1 aliphatic rings. The zero-order chi connectivity index (χ0) is 24.9.